The third-order valence-electron chi connectivity index (χ3n) is 3.49. The zero-order chi connectivity index (χ0) is 13.2. The van der Waals surface area contributed by atoms with E-state index in [0.717, 1.165) is 25.2 Å². The molecule has 1 atom stereocenters. The quantitative estimate of drug-likeness (QED) is 0.895. The summed E-state index contributed by atoms with van der Waals surface area (Å²) in [7, 11) is -3.11. The molecule has 1 aliphatic heterocycles. The fourth-order valence-electron chi connectivity index (χ4n) is 2.25. The molecule has 0 radical (unpaired) electrons. The minimum atomic E-state index is -3.11. The maximum Gasteiger partial charge on any atom is 0.178 e. The first-order valence-electron chi connectivity index (χ1n) is 6.25. The standard InChI is InChI=1S/C13H19NO3S/c1-2-18(16,17)13-5-3-12(4-6-13)14-8-7-11(9-14)10-15/h3-6,11,15H,2,7-10H2,1H3. The first kappa shape index (κ1) is 13.4. The van der Waals surface area contributed by atoms with Gasteiger partial charge in [-0.2, -0.15) is 0 Å². The number of aliphatic hydroxyl groups excluding tert-OH is 1. The molecule has 0 saturated carbocycles. The van der Waals surface area contributed by atoms with Crippen molar-refractivity contribution in [3.05, 3.63) is 24.3 Å². The van der Waals surface area contributed by atoms with E-state index in [1.165, 1.54) is 0 Å². The van der Waals surface area contributed by atoms with Crippen LogP contribution in [0.25, 0.3) is 0 Å². The van der Waals surface area contributed by atoms with Crippen molar-refractivity contribution in [3.8, 4) is 0 Å². The first-order valence-corrected chi connectivity index (χ1v) is 7.90. The van der Waals surface area contributed by atoms with Crippen LogP contribution < -0.4 is 4.90 Å². The van der Waals surface area contributed by atoms with Gasteiger partial charge in [0.2, 0.25) is 0 Å². The molecule has 1 N–H and O–H groups in total. The smallest absolute Gasteiger partial charge is 0.178 e. The summed E-state index contributed by atoms with van der Waals surface area (Å²) in [6, 6.07) is 7.03. The predicted octanol–water partition coefficient (Wildman–Crippen LogP) is 1.30. The minimum Gasteiger partial charge on any atom is -0.396 e. The number of rotatable bonds is 4. The average Bonchev–Trinajstić information content (AvgIpc) is 2.87. The van der Waals surface area contributed by atoms with Gasteiger partial charge in [0.1, 0.15) is 0 Å². The Balaban J connectivity index is 2.14. The lowest BCUT2D eigenvalue weighted by Crippen LogP contribution is -2.20. The molecule has 4 nitrogen and oxygen atoms in total. The molecular formula is C13H19NO3S. The summed E-state index contributed by atoms with van der Waals surface area (Å²) in [6.07, 6.45) is 0.992. The molecule has 1 aromatic carbocycles. The Bertz CT molecular complexity index is 495. The topological polar surface area (TPSA) is 57.6 Å². The summed E-state index contributed by atoms with van der Waals surface area (Å²) >= 11 is 0. The van der Waals surface area contributed by atoms with Crippen LogP contribution in [-0.2, 0) is 9.84 Å². The van der Waals surface area contributed by atoms with Crippen LogP contribution in [0.1, 0.15) is 13.3 Å². The molecule has 1 unspecified atom stereocenters. The number of hydrogen-bond donors (Lipinski definition) is 1. The normalized spacial score (nSPS) is 20.3. The Morgan fingerprint density at radius 2 is 2.00 bits per heavy atom. The average molecular weight is 269 g/mol. The van der Waals surface area contributed by atoms with Crippen molar-refractivity contribution in [2.45, 2.75) is 18.2 Å². The van der Waals surface area contributed by atoms with E-state index >= 15 is 0 Å². The second kappa shape index (κ2) is 5.28. The Hall–Kier alpha value is -1.07. The van der Waals surface area contributed by atoms with E-state index in [4.69, 9.17) is 5.11 Å². The maximum absolute atomic E-state index is 11.7. The van der Waals surface area contributed by atoms with E-state index in [2.05, 4.69) is 4.90 Å². The SMILES string of the molecule is CCS(=O)(=O)c1ccc(N2CCC(CO)C2)cc1. The van der Waals surface area contributed by atoms with Crippen LogP contribution in [0, 0.1) is 5.92 Å². The van der Waals surface area contributed by atoms with Gasteiger partial charge in [0, 0.05) is 31.3 Å². The number of benzene rings is 1. The van der Waals surface area contributed by atoms with Crippen molar-refractivity contribution in [2.24, 2.45) is 5.92 Å². The van der Waals surface area contributed by atoms with Crippen LogP contribution >= 0.6 is 0 Å². The molecule has 1 heterocycles. The van der Waals surface area contributed by atoms with Crippen molar-refractivity contribution in [2.75, 3.05) is 30.3 Å². The summed E-state index contributed by atoms with van der Waals surface area (Å²) in [5, 5.41) is 9.11. The Morgan fingerprint density at radius 3 is 2.50 bits per heavy atom. The molecular weight excluding hydrogens is 250 g/mol. The van der Waals surface area contributed by atoms with Crippen LogP contribution in [0.2, 0.25) is 0 Å². The van der Waals surface area contributed by atoms with Gasteiger partial charge in [0.25, 0.3) is 0 Å². The number of nitrogens with zero attached hydrogens (tertiary/aromatic N) is 1. The molecule has 0 amide bonds. The van der Waals surface area contributed by atoms with Gasteiger partial charge in [-0.05, 0) is 30.7 Å². The summed E-state index contributed by atoms with van der Waals surface area (Å²) < 4.78 is 23.4. The first-order chi connectivity index (χ1) is 8.56. The molecule has 0 spiro atoms. The number of hydrogen-bond acceptors (Lipinski definition) is 4. The molecule has 18 heavy (non-hydrogen) atoms. The van der Waals surface area contributed by atoms with Gasteiger partial charge < -0.3 is 10.0 Å². The van der Waals surface area contributed by atoms with Gasteiger partial charge in [-0.1, -0.05) is 6.92 Å². The van der Waals surface area contributed by atoms with Crippen molar-refractivity contribution in [1.82, 2.24) is 0 Å². The van der Waals surface area contributed by atoms with Crippen LogP contribution in [-0.4, -0.2) is 39.0 Å². The monoisotopic (exact) mass is 269 g/mol. The molecule has 1 aromatic rings. The fourth-order valence-corrected chi connectivity index (χ4v) is 3.13. The lowest BCUT2D eigenvalue weighted by molar-refractivity contribution is 0.238. The number of aliphatic hydroxyl groups is 1. The van der Waals surface area contributed by atoms with Gasteiger partial charge in [-0.15, -0.1) is 0 Å². The lowest BCUT2D eigenvalue weighted by atomic mass is 10.1. The van der Waals surface area contributed by atoms with Gasteiger partial charge in [0.15, 0.2) is 9.84 Å². The van der Waals surface area contributed by atoms with E-state index in [9.17, 15) is 8.42 Å². The summed E-state index contributed by atoms with van der Waals surface area (Å²) in [4.78, 5) is 2.56. The molecule has 5 heteroatoms. The van der Waals surface area contributed by atoms with Crippen LogP contribution in [0.5, 0.6) is 0 Å². The van der Waals surface area contributed by atoms with Crippen LogP contribution in [0.4, 0.5) is 5.69 Å². The number of sulfone groups is 1. The van der Waals surface area contributed by atoms with E-state index in [-0.39, 0.29) is 12.4 Å². The van der Waals surface area contributed by atoms with Crippen molar-refractivity contribution in [1.29, 1.82) is 0 Å². The van der Waals surface area contributed by atoms with E-state index in [1.54, 1.807) is 19.1 Å². The molecule has 0 bridgehead atoms. The summed E-state index contributed by atoms with van der Waals surface area (Å²) in [5.41, 5.74) is 1.03. The zero-order valence-corrected chi connectivity index (χ0v) is 11.4. The second-order valence-corrected chi connectivity index (χ2v) is 6.96. The maximum atomic E-state index is 11.7. The van der Waals surface area contributed by atoms with E-state index in [0.29, 0.717) is 10.8 Å². The van der Waals surface area contributed by atoms with Gasteiger partial charge in [-0.25, -0.2) is 8.42 Å². The highest BCUT2D eigenvalue weighted by Crippen LogP contribution is 2.25. The highest BCUT2D eigenvalue weighted by atomic mass is 32.2. The van der Waals surface area contributed by atoms with Crippen LogP contribution in [0.15, 0.2) is 29.2 Å². The Morgan fingerprint density at radius 1 is 1.33 bits per heavy atom. The lowest BCUT2D eigenvalue weighted by Gasteiger charge is -2.18. The predicted molar refractivity (Wildman–Crippen MR) is 71.6 cm³/mol. The van der Waals surface area contributed by atoms with E-state index < -0.39 is 9.84 Å². The van der Waals surface area contributed by atoms with Crippen molar-refractivity contribution >= 4 is 15.5 Å². The van der Waals surface area contributed by atoms with E-state index in [1.807, 2.05) is 12.1 Å². The Kier molecular flexibility index (Phi) is 3.92. The zero-order valence-electron chi connectivity index (χ0n) is 10.5. The molecule has 1 fully saturated rings. The van der Waals surface area contributed by atoms with Crippen molar-refractivity contribution in [3.63, 3.8) is 0 Å². The highest BCUT2D eigenvalue weighted by Gasteiger charge is 2.22. The number of anilines is 1. The molecule has 1 aliphatic rings. The molecule has 100 valence electrons. The molecule has 0 aromatic heterocycles. The largest absolute Gasteiger partial charge is 0.396 e. The third kappa shape index (κ3) is 2.67. The highest BCUT2D eigenvalue weighted by molar-refractivity contribution is 7.91. The van der Waals surface area contributed by atoms with Crippen LogP contribution in [0.3, 0.4) is 0 Å². The summed E-state index contributed by atoms with van der Waals surface area (Å²) in [5.74, 6) is 0.465. The fraction of sp³-hybridized carbons (Fsp3) is 0.538. The Labute approximate surface area is 108 Å². The second-order valence-electron chi connectivity index (χ2n) is 4.68. The molecule has 0 aliphatic carbocycles. The van der Waals surface area contributed by atoms with Gasteiger partial charge in [-0.3, -0.25) is 0 Å². The third-order valence-corrected chi connectivity index (χ3v) is 5.24. The molecule has 1 saturated heterocycles. The minimum absolute atomic E-state index is 0.128. The van der Waals surface area contributed by atoms with Gasteiger partial charge in [0.05, 0.1) is 10.6 Å². The summed E-state index contributed by atoms with van der Waals surface area (Å²) in [6.45, 7) is 3.63. The van der Waals surface area contributed by atoms with Gasteiger partial charge >= 0.3 is 0 Å². The van der Waals surface area contributed by atoms with Crippen molar-refractivity contribution < 1.29 is 13.5 Å². The molecule has 2 rings (SSSR count).